The standard InChI is InChI=1S/C22H21FN4O3S/c1-3-24-21(30)26-19(28)14(2)31-22-25-18(13-15-7-5-4-6-8-15)20(29)27(22)17-11-9-16(23)10-12-17/h4-14H,3H2,1-2H3,(H2,24,26,28,30)/b18-13-/t14-/m0/s1. The Morgan fingerprint density at radius 3 is 2.48 bits per heavy atom. The molecule has 1 aliphatic rings. The van der Waals surface area contributed by atoms with E-state index in [1.54, 1.807) is 19.9 Å². The second-order valence-corrected chi connectivity index (χ2v) is 7.87. The largest absolute Gasteiger partial charge is 0.338 e. The second kappa shape index (κ2) is 10.0. The maximum atomic E-state index is 13.4. The third-order valence-corrected chi connectivity index (χ3v) is 5.30. The first kappa shape index (κ1) is 22.2. The van der Waals surface area contributed by atoms with Crippen molar-refractivity contribution in [1.29, 1.82) is 0 Å². The molecule has 0 saturated carbocycles. The zero-order chi connectivity index (χ0) is 22.4. The molecule has 0 fully saturated rings. The van der Waals surface area contributed by atoms with Crippen LogP contribution in [0.2, 0.25) is 0 Å². The van der Waals surface area contributed by atoms with Crippen molar-refractivity contribution in [3.8, 4) is 0 Å². The maximum absolute atomic E-state index is 13.4. The molecule has 0 unspecified atom stereocenters. The minimum Gasteiger partial charge on any atom is -0.338 e. The number of anilines is 1. The van der Waals surface area contributed by atoms with Crippen LogP contribution in [0, 0.1) is 5.82 Å². The van der Waals surface area contributed by atoms with E-state index in [0.29, 0.717) is 12.2 Å². The van der Waals surface area contributed by atoms with Crippen LogP contribution in [0.25, 0.3) is 6.08 Å². The molecule has 3 rings (SSSR count). The summed E-state index contributed by atoms with van der Waals surface area (Å²) in [6, 6.07) is 14.1. The Hall–Kier alpha value is -3.46. The third-order valence-electron chi connectivity index (χ3n) is 4.24. The molecule has 0 radical (unpaired) electrons. The minimum atomic E-state index is -0.715. The Morgan fingerprint density at radius 2 is 1.84 bits per heavy atom. The highest BCUT2D eigenvalue weighted by molar-refractivity contribution is 8.15. The summed E-state index contributed by atoms with van der Waals surface area (Å²) in [5.74, 6) is -1.35. The Kier molecular flexibility index (Phi) is 7.19. The van der Waals surface area contributed by atoms with E-state index in [2.05, 4.69) is 15.6 Å². The molecule has 2 aromatic carbocycles. The summed E-state index contributed by atoms with van der Waals surface area (Å²) < 4.78 is 13.4. The van der Waals surface area contributed by atoms with Crippen molar-refractivity contribution in [2.75, 3.05) is 11.4 Å². The van der Waals surface area contributed by atoms with E-state index in [9.17, 15) is 18.8 Å². The zero-order valence-corrected chi connectivity index (χ0v) is 17.8. The van der Waals surface area contributed by atoms with Gasteiger partial charge in [-0.2, -0.15) is 0 Å². The van der Waals surface area contributed by atoms with Crippen molar-refractivity contribution in [2.45, 2.75) is 19.1 Å². The summed E-state index contributed by atoms with van der Waals surface area (Å²) in [4.78, 5) is 42.8. The number of amidine groups is 1. The molecule has 4 amide bonds. The minimum absolute atomic E-state index is 0.189. The van der Waals surface area contributed by atoms with E-state index in [4.69, 9.17) is 0 Å². The van der Waals surface area contributed by atoms with Gasteiger partial charge in [0, 0.05) is 6.54 Å². The number of benzene rings is 2. The number of hydrogen-bond donors (Lipinski definition) is 2. The highest BCUT2D eigenvalue weighted by Crippen LogP contribution is 2.31. The summed E-state index contributed by atoms with van der Waals surface area (Å²) in [6.07, 6.45) is 1.64. The second-order valence-electron chi connectivity index (χ2n) is 6.56. The Balaban J connectivity index is 1.88. The quantitative estimate of drug-likeness (QED) is 0.696. The average molecular weight is 441 g/mol. The van der Waals surface area contributed by atoms with Crippen LogP contribution in [0.5, 0.6) is 0 Å². The molecule has 2 N–H and O–H groups in total. The van der Waals surface area contributed by atoms with Crippen molar-refractivity contribution in [3.05, 3.63) is 71.7 Å². The van der Waals surface area contributed by atoms with Crippen LogP contribution in [-0.2, 0) is 9.59 Å². The smallest absolute Gasteiger partial charge is 0.321 e. The molecule has 160 valence electrons. The van der Waals surface area contributed by atoms with Gasteiger partial charge >= 0.3 is 6.03 Å². The first-order chi connectivity index (χ1) is 14.9. The van der Waals surface area contributed by atoms with Gasteiger partial charge in [-0.05, 0) is 49.8 Å². The highest BCUT2D eigenvalue weighted by Gasteiger charge is 2.34. The predicted octanol–water partition coefficient (Wildman–Crippen LogP) is 3.54. The number of halogens is 1. The molecule has 1 atom stereocenters. The highest BCUT2D eigenvalue weighted by atomic mass is 32.2. The number of aliphatic imine (C=N–C) groups is 1. The van der Waals surface area contributed by atoms with Gasteiger partial charge in [0.15, 0.2) is 5.17 Å². The van der Waals surface area contributed by atoms with Gasteiger partial charge in [0.05, 0.1) is 10.9 Å². The number of amides is 4. The van der Waals surface area contributed by atoms with Gasteiger partial charge in [0.1, 0.15) is 11.5 Å². The van der Waals surface area contributed by atoms with Crippen LogP contribution >= 0.6 is 11.8 Å². The lowest BCUT2D eigenvalue weighted by Gasteiger charge is -2.19. The fourth-order valence-corrected chi connectivity index (χ4v) is 3.66. The molecule has 0 saturated heterocycles. The number of nitrogens with one attached hydrogen (secondary N) is 2. The Labute approximate surface area is 183 Å². The number of urea groups is 1. The van der Waals surface area contributed by atoms with E-state index in [-0.39, 0.29) is 10.9 Å². The van der Waals surface area contributed by atoms with Gasteiger partial charge in [0.25, 0.3) is 5.91 Å². The fourth-order valence-electron chi connectivity index (χ4n) is 2.73. The summed E-state index contributed by atoms with van der Waals surface area (Å²) in [6.45, 7) is 3.73. The van der Waals surface area contributed by atoms with Crippen molar-refractivity contribution < 1.29 is 18.8 Å². The number of nitrogens with zero attached hydrogens (tertiary/aromatic N) is 2. The van der Waals surface area contributed by atoms with Crippen molar-refractivity contribution in [3.63, 3.8) is 0 Å². The van der Waals surface area contributed by atoms with Gasteiger partial charge in [-0.3, -0.25) is 19.8 Å². The van der Waals surface area contributed by atoms with E-state index < -0.39 is 28.9 Å². The lowest BCUT2D eigenvalue weighted by molar-refractivity contribution is -0.119. The first-order valence-corrected chi connectivity index (χ1v) is 10.5. The lowest BCUT2D eigenvalue weighted by Crippen LogP contribution is -2.43. The van der Waals surface area contributed by atoms with E-state index in [1.807, 2.05) is 30.3 Å². The van der Waals surface area contributed by atoms with Crippen LogP contribution in [0.4, 0.5) is 14.9 Å². The first-order valence-electron chi connectivity index (χ1n) is 9.60. The number of rotatable bonds is 5. The summed E-state index contributed by atoms with van der Waals surface area (Å²) in [5.41, 5.74) is 1.40. The monoisotopic (exact) mass is 440 g/mol. The van der Waals surface area contributed by atoms with Crippen LogP contribution in [0.1, 0.15) is 19.4 Å². The Morgan fingerprint density at radius 1 is 1.16 bits per heavy atom. The zero-order valence-electron chi connectivity index (χ0n) is 17.0. The molecule has 0 spiro atoms. The van der Waals surface area contributed by atoms with Gasteiger partial charge in [-0.15, -0.1) is 0 Å². The molecule has 1 aliphatic heterocycles. The van der Waals surface area contributed by atoms with Gasteiger partial charge in [-0.1, -0.05) is 42.1 Å². The molecule has 31 heavy (non-hydrogen) atoms. The van der Waals surface area contributed by atoms with E-state index in [1.165, 1.54) is 29.2 Å². The van der Waals surface area contributed by atoms with Crippen LogP contribution in [0.3, 0.4) is 0 Å². The topological polar surface area (TPSA) is 90.9 Å². The predicted molar refractivity (Wildman–Crippen MR) is 120 cm³/mol. The number of hydrogen-bond acceptors (Lipinski definition) is 5. The average Bonchev–Trinajstić information content (AvgIpc) is 3.04. The molecular formula is C22H21FN4O3S. The number of carbonyl (C=O) groups is 3. The van der Waals surface area contributed by atoms with Crippen LogP contribution in [0.15, 0.2) is 65.3 Å². The van der Waals surface area contributed by atoms with Crippen LogP contribution in [-0.4, -0.2) is 34.8 Å². The summed E-state index contributed by atoms with van der Waals surface area (Å²) >= 11 is 1.03. The number of carbonyl (C=O) groups excluding carboxylic acids is 3. The van der Waals surface area contributed by atoms with Crippen molar-refractivity contribution in [2.24, 2.45) is 4.99 Å². The van der Waals surface area contributed by atoms with Crippen LogP contribution < -0.4 is 15.5 Å². The normalized spacial score (nSPS) is 15.6. The molecule has 9 heteroatoms. The molecule has 7 nitrogen and oxygen atoms in total. The van der Waals surface area contributed by atoms with Crippen molar-refractivity contribution in [1.82, 2.24) is 10.6 Å². The summed E-state index contributed by atoms with van der Waals surface area (Å²) in [7, 11) is 0. The van der Waals surface area contributed by atoms with E-state index >= 15 is 0 Å². The molecule has 0 aliphatic carbocycles. The number of imide groups is 1. The van der Waals surface area contributed by atoms with Gasteiger partial charge in [-0.25, -0.2) is 14.2 Å². The lowest BCUT2D eigenvalue weighted by atomic mass is 10.2. The fraction of sp³-hybridized carbons (Fsp3) is 0.182. The molecule has 1 heterocycles. The third kappa shape index (κ3) is 5.58. The van der Waals surface area contributed by atoms with Gasteiger partial charge < -0.3 is 5.32 Å². The molecule has 0 aromatic heterocycles. The maximum Gasteiger partial charge on any atom is 0.321 e. The number of thioether (sulfide) groups is 1. The van der Waals surface area contributed by atoms with Crippen molar-refractivity contribution >= 4 is 46.5 Å². The molecule has 2 aromatic rings. The molecule has 0 bridgehead atoms. The SMILES string of the molecule is CCNC(=O)NC(=O)[C@H](C)SC1=N/C(=C\c2ccccc2)C(=O)N1c1ccc(F)cc1. The summed E-state index contributed by atoms with van der Waals surface area (Å²) in [5, 5.41) is 4.28. The Bertz CT molecular complexity index is 1040. The van der Waals surface area contributed by atoms with E-state index in [0.717, 1.165) is 17.3 Å². The van der Waals surface area contributed by atoms with Gasteiger partial charge in [0.2, 0.25) is 5.91 Å². The molecular weight excluding hydrogens is 419 g/mol.